The smallest absolute Gasteiger partial charge is 0.123 e. The van der Waals surface area contributed by atoms with E-state index < -0.39 is 0 Å². The van der Waals surface area contributed by atoms with E-state index in [1.807, 2.05) is 23.9 Å². The van der Waals surface area contributed by atoms with Crippen LogP contribution in [0.4, 0.5) is 4.39 Å². The summed E-state index contributed by atoms with van der Waals surface area (Å²) in [5.74, 6) is 0.941. The molecule has 0 saturated heterocycles. The SMILES string of the molecule is CCN(CCSc1ccc(F)cc1)C1CCCC1. The Morgan fingerprint density at radius 3 is 2.50 bits per heavy atom. The molecule has 1 saturated carbocycles. The van der Waals surface area contributed by atoms with Crippen LogP contribution in [-0.2, 0) is 0 Å². The van der Waals surface area contributed by atoms with Crippen molar-refractivity contribution in [1.29, 1.82) is 0 Å². The Hall–Kier alpha value is -0.540. The average Bonchev–Trinajstić information content (AvgIpc) is 2.91. The summed E-state index contributed by atoms with van der Waals surface area (Å²) in [7, 11) is 0. The third kappa shape index (κ3) is 3.99. The van der Waals surface area contributed by atoms with Gasteiger partial charge in [-0.2, -0.15) is 0 Å². The van der Waals surface area contributed by atoms with Crippen molar-refractivity contribution < 1.29 is 4.39 Å². The van der Waals surface area contributed by atoms with E-state index in [0.717, 1.165) is 24.9 Å². The fourth-order valence-electron chi connectivity index (χ4n) is 2.68. The second-order valence-electron chi connectivity index (χ2n) is 4.87. The van der Waals surface area contributed by atoms with E-state index in [1.165, 1.54) is 42.7 Å². The summed E-state index contributed by atoms with van der Waals surface area (Å²) in [5.41, 5.74) is 0. The minimum Gasteiger partial charge on any atom is -0.300 e. The number of thioether (sulfide) groups is 1. The normalized spacial score (nSPS) is 16.6. The maximum atomic E-state index is 12.8. The van der Waals surface area contributed by atoms with Gasteiger partial charge in [-0.25, -0.2) is 4.39 Å². The van der Waals surface area contributed by atoms with Gasteiger partial charge >= 0.3 is 0 Å². The van der Waals surface area contributed by atoms with Crippen LogP contribution in [0.3, 0.4) is 0 Å². The topological polar surface area (TPSA) is 3.24 Å². The van der Waals surface area contributed by atoms with Crippen molar-refractivity contribution in [3.8, 4) is 0 Å². The van der Waals surface area contributed by atoms with Gasteiger partial charge in [0, 0.05) is 23.2 Å². The molecule has 1 aliphatic rings. The number of benzene rings is 1. The molecule has 0 heterocycles. The quantitative estimate of drug-likeness (QED) is 0.711. The summed E-state index contributed by atoms with van der Waals surface area (Å²) in [4.78, 5) is 3.77. The minimum absolute atomic E-state index is 0.152. The fourth-order valence-corrected chi connectivity index (χ4v) is 3.57. The zero-order chi connectivity index (χ0) is 12.8. The third-order valence-electron chi connectivity index (χ3n) is 3.71. The van der Waals surface area contributed by atoms with E-state index in [2.05, 4.69) is 11.8 Å². The van der Waals surface area contributed by atoms with Gasteiger partial charge in [-0.15, -0.1) is 11.8 Å². The lowest BCUT2D eigenvalue weighted by Gasteiger charge is -2.27. The van der Waals surface area contributed by atoms with Crippen LogP contribution in [0, 0.1) is 5.82 Å². The molecule has 0 amide bonds. The van der Waals surface area contributed by atoms with Gasteiger partial charge in [0.1, 0.15) is 5.82 Å². The van der Waals surface area contributed by atoms with Gasteiger partial charge in [-0.05, 0) is 43.7 Å². The third-order valence-corrected chi connectivity index (χ3v) is 4.70. The van der Waals surface area contributed by atoms with Crippen LogP contribution in [-0.4, -0.2) is 29.8 Å². The van der Waals surface area contributed by atoms with Crippen molar-refractivity contribution in [2.24, 2.45) is 0 Å². The van der Waals surface area contributed by atoms with Gasteiger partial charge < -0.3 is 0 Å². The highest BCUT2D eigenvalue weighted by Gasteiger charge is 2.20. The lowest BCUT2D eigenvalue weighted by Crippen LogP contribution is -2.34. The molecule has 3 heteroatoms. The number of halogens is 1. The van der Waals surface area contributed by atoms with Crippen LogP contribution in [0.15, 0.2) is 29.2 Å². The first-order valence-electron chi connectivity index (χ1n) is 6.92. The maximum absolute atomic E-state index is 12.8. The van der Waals surface area contributed by atoms with Crippen LogP contribution in [0.2, 0.25) is 0 Å². The van der Waals surface area contributed by atoms with Crippen molar-refractivity contribution in [3.63, 3.8) is 0 Å². The van der Waals surface area contributed by atoms with E-state index in [0.29, 0.717) is 0 Å². The summed E-state index contributed by atoms with van der Waals surface area (Å²) >= 11 is 1.82. The van der Waals surface area contributed by atoms with E-state index in [4.69, 9.17) is 0 Å². The predicted molar refractivity (Wildman–Crippen MR) is 76.6 cm³/mol. The van der Waals surface area contributed by atoms with E-state index in [1.54, 1.807) is 0 Å². The van der Waals surface area contributed by atoms with Crippen molar-refractivity contribution in [2.75, 3.05) is 18.8 Å². The molecule has 0 N–H and O–H groups in total. The average molecular weight is 267 g/mol. The van der Waals surface area contributed by atoms with Crippen LogP contribution in [0.1, 0.15) is 32.6 Å². The number of hydrogen-bond acceptors (Lipinski definition) is 2. The Bertz CT molecular complexity index is 346. The minimum atomic E-state index is -0.152. The largest absolute Gasteiger partial charge is 0.300 e. The van der Waals surface area contributed by atoms with Gasteiger partial charge in [0.05, 0.1) is 0 Å². The second-order valence-corrected chi connectivity index (χ2v) is 6.04. The predicted octanol–water partition coefficient (Wildman–Crippen LogP) is 4.18. The maximum Gasteiger partial charge on any atom is 0.123 e. The molecule has 1 aromatic carbocycles. The molecule has 1 fully saturated rings. The Morgan fingerprint density at radius 2 is 1.89 bits per heavy atom. The Kier molecular flexibility index (Phi) is 5.51. The van der Waals surface area contributed by atoms with Crippen LogP contribution < -0.4 is 0 Å². The molecule has 1 aliphatic carbocycles. The number of hydrogen-bond donors (Lipinski definition) is 0. The zero-order valence-electron chi connectivity index (χ0n) is 11.1. The molecule has 0 spiro atoms. The van der Waals surface area contributed by atoms with E-state index in [-0.39, 0.29) is 5.82 Å². The molecule has 2 rings (SSSR count). The lowest BCUT2D eigenvalue weighted by atomic mass is 10.2. The van der Waals surface area contributed by atoms with Gasteiger partial charge in [-0.3, -0.25) is 4.90 Å². The van der Waals surface area contributed by atoms with E-state index >= 15 is 0 Å². The van der Waals surface area contributed by atoms with Gasteiger partial charge in [0.2, 0.25) is 0 Å². The monoisotopic (exact) mass is 267 g/mol. The zero-order valence-corrected chi connectivity index (χ0v) is 11.9. The van der Waals surface area contributed by atoms with Crippen LogP contribution in [0.5, 0.6) is 0 Å². The molecule has 0 aromatic heterocycles. The van der Waals surface area contributed by atoms with Gasteiger partial charge in [0.15, 0.2) is 0 Å². The molecule has 0 atom stereocenters. The van der Waals surface area contributed by atoms with Crippen LogP contribution >= 0.6 is 11.8 Å². The highest BCUT2D eigenvalue weighted by molar-refractivity contribution is 7.99. The second kappa shape index (κ2) is 7.15. The summed E-state index contributed by atoms with van der Waals surface area (Å²) in [5, 5.41) is 0. The van der Waals surface area contributed by atoms with Gasteiger partial charge in [-0.1, -0.05) is 19.8 Å². The van der Waals surface area contributed by atoms with Crippen LogP contribution in [0.25, 0.3) is 0 Å². The first kappa shape index (κ1) is 13.9. The molecule has 1 nitrogen and oxygen atoms in total. The first-order valence-corrected chi connectivity index (χ1v) is 7.90. The molecule has 0 aliphatic heterocycles. The Balaban J connectivity index is 1.74. The molecular weight excluding hydrogens is 245 g/mol. The van der Waals surface area contributed by atoms with Crippen molar-refractivity contribution in [3.05, 3.63) is 30.1 Å². The number of rotatable bonds is 6. The summed E-state index contributed by atoms with van der Waals surface area (Å²) in [6, 6.07) is 7.62. The highest BCUT2D eigenvalue weighted by atomic mass is 32.2. The molecule has 0 radical (unpaired) electrons. The van der Waals surface area contributed by atoms with E-state index in [9.17, 15) is 4.39 Å². The first-order chi connectivity index (χ1) is 8.79. The molecular formula is C15H22FNS. The summed E-state index contributed by atoms with van der Waals surface area (Å²) in [6.07, 6.45) is 5.53. The lowest BCUT2D eigenvalue weighted by molar-refractivity contribution is 0.222. The fraction of sp³-hybridized carbons (Fsp3) is 0.600. The Morgan fingerprint density at radius 1 is 1.22 bits per heavy atom. The molecule has 0 unspecified atom stereocenters. The van der Waals surface area contributed by atoms with Crippen molar-refractivity contribution >= 4 is 11.8 Å². The van der Waals surface area contributed by atoms with Crippen molar-refractivity contribution in [1.82, 2.24) is 4.90 Å². The summed E-state index contributed by atoms with van der Waals surface area (Å²) in [6.45, 7) is 4.54. The molecule has 0 bridgehead atoms. The molecule has 18 heavy (non-hydrogen) atoms. The van der Waals surface area contributed by atoms with Gasteiger partial charge in [0.25, 0.3) is 0 Å². The number of nitrogens with zero attached hydrogens (tertiary/aromatic N) is 1. The highest BCUT2D eigenvalue weighted by Crippen LogP contribution is 2.24. The standard InChI is InChI=1S/C15H22FNS/c1-2-17(14-5-3-4-6-14)11-12-18-15-9-7-13(16)8-10-15/h7-10,14H,2-6,11-12H2,1H3. The Labute approximate surface area is 114 Å². The molecule has 1 aromatic rings. The summed E-state index contributed by atoms with van der Waals surface area (Å²) < 4.78 is 12.8. The van der Waals surface area contributed by atoms with Crippen molar-refractivity contribution in [2.45, 2.75) is 43.5 Å². The molecule has 100 valence electrons.